The summed E-state index contributed by atoms with van der Waals surface area (Å²) in [5, 5.41) is 0.857. The molecule has 0 saturated carbocycles. The van der Waals surface area contributed by atoms with Crippen LogP contribution in [0, 0.1) is 0 Å². The highest BCUT2D eigenvalue weighted by atomic mass is 16.5. The van der Waals surface area contributed by atoms with Gasteiger partial charge in [-0.3, -0.25) is 9.59 Å². The smallest absolute Gasteiger partial charge is 0.257 e. The Kier molecular flexibility index (Phi) is 7.67. The van der Waals surface area contributed by atoms with Crippen LogP contribution in [0.15, 0.2) is 35.1 Å². The molecule has 2 aromatic rings. The Morgan fingerprint density at radius 2 is 1.88 bits per heavy atom. The maximum Gasteiger partial charge on any atom is 0.257 e. The predicted molar refractivity (Wildman–Crippen MR) is 101 cm³/mol. The lowest BCUT2D eigenvalue weighted by Crippen LogP contribution is -2.26. The zero-order valence-corrected chi connectivity index (χ0v) is 15.0. The molecule has 5 nitrogen and oxygen atoms in total. The van der Waals surface area contributed by atoms with Crippen molar-refractivity contribution in [3.63, 3.8) is 0 Å². The van der Waals surface area contributed by atoms with E-state index in [1.807, 2.05) is 12.1 Å². The van der Waals surface area contributed by atoms with Crippen LogP contribution in [0.2, 0.25) is 0 Å². The van der Waals surface area contributed by atoms with Gasteiger partial charge in [-0.2, -0.15) is 0 Å². The van der Waals surface area contributed by atoms with E-state index in [0.717, 1.165) is 43.9 Å². The third kappa shape index (κ3) is 5.43. The Morgan fingerprint density at radius 3 is 2.64 bits per heavy atom. The molecule has 0 atom stereocenters. The van der Waals surface area contributed by atoms with E-state index in [2.05, 4.69) is 6.92 Å². The molecule has 1 heterocycles. The highest BCUT2D eigenvalue weighted by molar-refractivity contribution is 5.91. The van der Waals surface area contributed by atoms with Gasteiger partial charge in [-0.25, -0.2) is 4.57 Å². The van der Waals surface area contributed by atoms with Crippen LogP contribution in [-0.2, 0) is 0 Å². The van der Waals surface area contributed by atoms with Gasteiger partial charge >= 0.3 is 0 Å². The lowest BCUT2D eigenvalue weighted by molar-refractivity contribution is 0.0900. The minimum atomic E-state index is -0.284. The lowest BCUT2D eigenvalue weighted by atomic mass is 10.1. The largest absolute Gasteiger partial charge is 0.494 e. The molecule has 0 amide bonds. The van der Waals surface area contributed by atoms with Crippen molar-refractivity contribution in [2.45, 2.75) is 51.9 Å². The van der Waals surface area contributed by atoms with Gasteiger partial charge in [0.2, 0.25) is 5.91 Å². The summed E-state index contributed by atoms with van der Waals surface area (Å²) >= 11 is 0. The van der Waals surface area contributed by atoms with Crippen molar-refractivity contribution in [2.24, 2.45) is 5.73 Å². The first kappa shape index (κ1) is 19.2. The SMILES string of the molecule is CCCCCCC(=O)n1c(=O)ccc2ccc(OCCCCN)cc21. The molecule has 0 spiro atoms. The van der Waals surface area contributed by atoms with Gasteiger partial charge in [0.25, 0.3) is 5.56 Å². The fourth-order valence-electron chi connectivity index (χ4n) is 2.81. The van der Waals surface area contributed by atoms with Crippen molar-refractivity contribution >= 4 is 16.8 Å². The summed E-state index contributed by atoms with van der Waals surface area (Å²) in [5.41, 5.74) is 5.81. The van der Waals surface area contributed by atoms with Crippen molar-refractivity contribution in [2.75, 3.05) is 13.2 Å². The number of pyridine rings is 1. The average Bonchev–Trinajstić information content (AvgIpc) is 2.62. The van der Waals surface area contributed by atoms with E-state index in [1.165, 1.54) is 10.6 Å². The van der Waals surface area contributed by atoms with Gasteiger partial charge in [-0.15, -0.1) is 0 Å². The standard InChI is InChI=1S/C20H28N2O3/c1-2-3-4-5-8-19(23)22-18-15-17(25-14-7-6-13-21)11-9-16(18)10-12-20(22)24/h9-12,15H,2-8,13-14,21H2,1H3. The van der Waals surface area contributed by atoms with Crippen molar-refractivity contribution in [3.8, 4) is 5.75 Å². The van der Waals surface area contributed by atoms with Crippen molar-refractivity contribution in [1.29, 1.82) is 0 Å². The number of nitrogens with two attached hydrogens (primary N) is 1. The summed E-state index contributed by atoms with van der Waals surface area (Å²) in [5.74, 6) is 0.523. The van der Waals surface area contributed by atoms with Crippen LogP contribution in [0.4, 0.5) is 0 Å². The van der Waals surface area contributed by atoms with Gasteiger partial charge < -0.3 is 10.5 Å². The van der Waals surface area contributed by atoms with Gasteiger partial charge in [0.05, 0.1) is 12.1 Å². The normalized spacial score (nSPS) is 11.0. The molecular formula is C20H28N2O3. The van der Waals surface area contributed by atoms with Gasteiger partial charge in [0, 0.05) is 18.6 Å². The van der Waals surface area contributed by atoms with E-state index < -0.39 is 0 Å². The predicted octanol–water partition coefficient (Wildman–Crippen LogP) is 3.73. The maximum atomic E-state index is 12.6. The first-order valence-corrected chi connectivity index (χ1v) is 9.19. The maximum absolute atomic E-state index is 12.6. The van der Waals surface area contributed by atoms with Crippen molar-refractivity contribution in [3.05, 3.63) is 40.7 Å². The van der Waals surface area contributed by atoms with Gasteiger partial charge in [-0.05, 0) is 49.4 Å². The van der Waals surface area contributed by atoms with Crippen LogP contribution in [0.3, 0.4) is 0 Å². The highest BCUT2D eigenvalue weighted by Gasteiger charge is 2.12. The summed E-state index contributed by atoms with van der Waals surface area (Å²) < 4.78 is 7.01. The number of aromatic nitrogens is 1. The average molecular weight is 344 g/mol. The minimum absolute atomic E-state index is 0.146. The second kappa shape index (κ2) is 9.99. The van der Waals surface area contributed by atoms with Crippen LogP contribution in [-0.4, -0.2) is 23.6 Å². The Labute approximate surface area is 148 Å². The summed E-state index contributed by atoms with van der Waals surface area (Å²) in [7, 11) is 0. The second-order valence-corrected chi connectivity index (χ2v) is 6.28. The van der Waals surface area contributed by atoms with E-state index in [0.29, 0.717) is 30.8 Å². The molecular weight excluding hydrogens is 316 g/mol. The first-order valence-electron chi connectivity index (χ1n) is 9.19. The molecule has 136 valence electrons. The molecule has 0 saturated heterocycles. The molecule has 0 unspecified atom stereocenters. The molecule has 5 heteroatoms. The van der Waals surface area contributed by atoms with Crippen LogP contribution in [0.25, 0.3) is 10.9 Å². The number of ether oxygens (including phenoxy) is 1. The molecule has 0 aliphatic carbocycles. The highest BCUT2D eigenvalue weighted by Crippen LogP contribution is 2.20. The Balaban J connectivity index is 2.20. The van der Waals surface area contributed by atoms with E-state index in [9.17, 15) is 9.59 Å². The lowest BCUT2D eigenvalue weighted by Gasteiger charge is -2.11. The molecule has 0 radical (unpaired) electrons. The molecule has 25 heavy (non-hydrogen) atoms. The second-order valence-electron chi connectivity index (χ2n) is 6.28. The molecule has 2 rings (SSSR count). The fraction of sp³-hybridized carbons (Fsp3) is 0.500. The minimum Gasteiger partial charge on any atom is -0.494 e. The Bertz CT molecular complexity index is 752. The molecule has 1 aromatic carbocycles. The molecule has 0 bridgehead atoms. The summed E-state index contributed by atoms with van der Waals surface area (Å²) in [4.78, 5) is 24.8. The van der Waals surface area contributed by atoms with Gasteiger partial charge in [-0.1, -0.05) is 26.2 Å². The zero-order valence-electron chi connectivity index (χ0n) is 15.0. The number of fused-ring (bicyclic) bond motifs is 1. The summed E-state index contributed by atoms with van der Waals surface area (Å²) in [6, 6.07) is 8.73. The fourth-order valence-corrected chi connectivity index (χ4v) is 2.81. The third-order valence-electron chi connectivity index (χ3n) is 4.23. The monoisotopic (exact) mass is 344 g/mol. The number of benzene rings is 1. The van der Waals surface area contributed by atoms with Crippen molar-refractivity contribution in [1.82, 2.24) is 4.57 Å². The first-order chi connectivity index (χ1) is 12.2. The number of nitrogens with zero attached hydrogens (tertiary/aromatic N) is 1. The number of unbranched alkanes of at least 4 members (excludes halogenated alkanes) is 4. The number of carbonyl (C=O) groups is 1. The van der Waals surface area contributed by atoms with Gasteiger partial charge in [0.1, 0.15) is 5.75 Å². The van der Waals surface area contributed by atoms with Crippen LogP contribution < -0.4 is 16.0 Å². The summed E-state index contributed by atoms with van der Waals surface area (Å²) in [6.45, 7) is 3.35. The molecule has 0 aliphatic heterocycles. The van der Waals surface area contributed by atoms with E-state index >= 15 is 0 Å². The number of hydrogen-bond acceptors (Lipinski definition) is 4. The molecule has 0 aliphatic rings. The Morgan fingerprint density at radius 1 is 1.08 bits per heavy atom. The van der Waals surface area contributed by atoms with Gasteiger partial charge in [0.15, 0.2) is 0 Å². The van der Waals surface area contributed by atoms with E-state index in [1.54, 1.807) is 12.1 Å². The number of hydrogen-bond donors (Lipinski definition) is 1. The zero-order chi connectivity index (χ0) is 18.1. The molecule has 1 aromatic heterocycles. The van der Waals surface area contributed by atoms with Crippen LogP contribution in [0.5, 0.6) is 5.75 Å². The molecule has 0 fully saturated rings. The quantitative estimate of drug-likeness (QED) is 0.666. The topological polar surface area (TPSA) is 74.3 Å². The number of carbonyl (C=O) groups excluding carboxylic acids is 1. The Hall–Kier alpha value is -2.14. The summed E-state index contributed by atoms with van der Waals surface area (Å²) in [6.07, 6.45) is 6.23. The van der Waals surface area contributed by atoms with E-state index in [4.69, 9.17) is 10.5 Å². The van der Waals surface area contributed by atoms with Crippen LogP contribution in [0.1, 0.15) is 56.7 Å². The van der Waals surface area contributed by atoms with Crippen molar-refractivity contribution < 1.29 is 9.53 Å². The van der Waals surface area contributed by atoms with E-state index in [-0.39, 0.29) is 11.5 Å². The number of rotatable bonds is 10. The third-order valence-corrected chi connectivity index (χ3v) is 4.23. The molecule has 2 N–H and O–H groups in total. The van der Waals surface area contributed by atoms with Crippen LogP contribution >= 0.6 is 0 Å².